The van der Waals surface area contributed by atoms with Gasteiger partial charge < -0.3 is 5.11 Å². The smallest absolute Gasteiger partial charge is 0.307 e. The summed E-state index contributed by atoms with van der Waals surface area (Å²) >= 11 is 3.51. The SMILES string of the molecule is CCc1ccc(/C(C)=C/CC(=O)O)cc1Br. The predicted molar refractivity (Wildman–Crippen MR) is 69.4 cm³/mol. The first-order chi connectivity index (χ1) is 7.54. The van der Waals surface area contributed by atoms with Crippen molar-refractivity contribution < 1.29 is 9.90 Å². The summed E-state index contributed by atoms with van der Waals surface area (Å²) in [6, 6.07) is 6.13. The maximum absolute atomic E-state index is 10.4. The Kier molecular flexibility index (Phi) is 4.74. The third kappa shape index (κ3) is 3.49. The minimum atomic E-state index is -0.802. The van der Waals surface area contributed by atoms with E-state index in [-0.39, 0.29) is 6.42 Å². The molecule has 1 rings (SSSR count). The van der Waals surface area contributed by atoms with Crippen molar-refractivity contribution in [3.63, 3.8) is 0 Å². The predicted octanol–water partition coefficient (Wildman–Crippen LogP) is 3.89. The highest BCUT2D eigenvalue weighted by Crippen LogP contribution is 2.23. The second-order valence-electron chi connectivity index (χ2n) is 3.64. The number of carboxylic acids is 1. The number of hydrogen-bond donors (Lipinski definition) is 1. The number of carbonyl (C=O) groups is 1. The average molecular weight is 283 g/mol. The minimum Gasteiger partial charge on any atom is -0.481 e. The zero-order chi connectivity index (χ0) is 12.1. The number of halogens is 1. The van der Waals surface area contributed by atoms with Crippen molar-refractivity contribution in [1.29, 1.82) is 0 Å². The van der Waals surface area contributed by atoms with E-state index in [1.165, 1.54) is 5.56 Å². The van der Waals surface area contributed by atoms with Crippen molar-refractivity contribution in [1.82, 2.24) is 0 Å². The van der Waals surface area contributed by atoms with Gasteiger partial charge in [0.15, 0.2) is 0 Å². The Morgan fingerprint density at radius 3 is 2.69 bits per heavy atom. The molecule has 0 fully saturated rings. The van der Waals surface area contributed by atoms with Crippen LogP contribution in [0, 0.1) is 0 Å². The quantitative estimate of drug-likeness (QED) is 0.910. The summed E-state index contributed by atoms with van der Waals surface area (Å²) in [6.07, 6.45) is 2.79. The maximum atomic E-state index is 10.4. The molecule has 16 heavy (non-hydrogen) atoms. The second-order valence-corrected chi connectivity index (χ2v) is 4.50. The second kappa shape index (κ2) is 5.85. The van der Waals surface area contributed by atoms with Crippen LogP contribution >= 0.6 is 15.9 Å². The molecule has 0 aliphatic rings. The van der Waals surface area contributed by atoms with Crippen LogP contribution in [0.3, 0.4) is 0 Å². The molecule has 0 unspecified atom stereocenters. The third-order valence-electron chi connectivity index (χ3n) is 2.47. The summed E-state index contributed by atoms with van der Waals surface area (Å²) in [5, 5.41) is 8.59. The molecule has 1 aromatic carbocycles. The number of benzene rings is 1. The van der Waals surface area contributed by atoms with Gasteiger partial charge in [-0.2, -0.15) is 0 Å². The van der Waals surface area contributed by atoms with E-state index < -0.39 is 5.97 Å². The molecule has 0 heterocycles. The van der Waals surface area contributed by atoms with Crippen molar-refractivity contribution in [3.8, 4) is 0 Å². The number of rotatable bonds is 4. The molecule has 0 aromatic heterocycles. The van der Waals surface area contributed by atoms with Crippen LogP contribution in [-0.2, 0) is 11.2 Å². The fourth-order valence-electron chi connectivity index (χ4n) is 1.44. The molecule has 1 aromatic rings. The standard InChI is InChI=1S/C13H15BrO2/c1-3-10-5-6-11(8-12(10)14)9(2)4-7-13(15)16/h4-6,8H,3,7H2,1-2H3,(H,15,16)/b9-4+. The minimum absolute atomic E-state index is 0.0684. The lowest BCUT2D eigenvalue weighted by Crippen LogP contribution is -1.92. The molecule has 0 saturated carbocycles. The Morgan fingerprint density at radius 1 is 1.50 bits per heavy atom. The van der Waals surface area contributed by atoms with E-state index in [2.05, 4.69) is 28.9 Å². The summed E-state index contributed by atoms with van der Waals surface area (Å²) in [5.74, 6) is -0.802. The van der Waals surface area contributed by atoms with Crippen LogP contribution in [0.25, 0.3) is 5.57 Å². The zero-order valence-electron chi connectivity index (χ0n) is 9.46. The van der Waals surface area contributed by atoms with Crippen LogP contribution in [0.4, 0.5) is 0 Å². The molecule has 0 spiro atoms. The summed E-state index contributed by atoms with van der Waals surface area (Å²) in [6.45, 7) is 4.03. The largest absolute Gasteiger partial charge is 0.481 e. The molecule has 0 radical (unpaired) electrons. The van der Waals surface area contributed by atoms with E-state index >= 15 is 0 Å². The van der Waals surface area contributed by atoms with Gasteiger partial charge in [0.1, 0.15) is 0 Å². The van der Waals surface area contributed by atoms with Gasteiger partial charge in [-0.1, -0.05) is 41.1 Å². The molecule has 0 aliphatic heterocycles. The van der Waals surface area contributed by atoms with Gasteiger partial charge in [0, 0.05) is 4.47 Å². The van der Waals surface area contributed by atoms with Crippen LogP contribution in [-0.4, -0.2) is 11.1 Å². The van der Waals surface area contributed by atoms with Crippen molar-refractivity contribution in [3.05, 3.63) is 39.9 Å². The number of hydrogen-bond acceptors (Lipinski definition) is 1. The van der Waals surface area contributed by atoms with Gasteiger partial charge in [-0.15, -0.1) is 0 Å². The van der Waals surface area contributed by atoms with E-state index in [1.807, 2.05) is 19.1 Å². The van der Waals surface area contributed by atoms with E-state index in [0.717, 1.165) is 22.0 Å². The summed E-state index contributed by atoms with van der Waals surface area (Å²) in [4.78, 5) is 10.4. The van der Waals surface area contributed by atoms with Crippen molar-refractivity contribution in [2.24, 2.45) is 0 Å². The van der Waals surface area contributed by atoms with E-state index in [9.17, 15) is 4.79 Å². The molecule has 3 heteroatoms. The molecule has 0 saturated heterocycles. The summed E-state index contributed by atoms with van der Waals surface area (Å²) < 4.78 is 1.08. The summed E-state index contributed by atoms with van der Waals surface area (Å²) in [7, 11) is 0. The molecule has 1 N–H and O–H groups in total. The molecule has 0 bridgehead atoms. The first-order valence-corrected chi connectivity index (χ1v) is 6.01. The number of carboxylic acid groups (broad SMARTS) is 1. The lowest BCUT2D eigenvalue weighted by Gasteiger charge is -2.06. The molecule has 86 valence electrons. The highest BCUT2D eigenvalue weighted by atomic mass is 79.9. The van der Waals surface area contributed by atoms with Crippen LogP contribution in [0.5, 0.6) is 0 Å². The monoisotopic (exact) mass is 282 g/mol. The molecule has 0 atom stereocenters. The highest BCUT2D eigenvalue weighted by Gasteiger charge is 2.02. The Hall–Kier alpha value is -1.09. The van der Waals surface area contributed by atoms with E-state index in [1.54, 1.807) is 6.08 Å². The number of aryl methyl sites for hydroxylation is 1. The molecular formula is C13H15BrO2. The fourth-order valence-corrected chi connectivity index (χ4v) is 2.10. The lowest BCUT2D eigenvalue weighted by atomic mass is 10.0. The van der Waals surface area contributed by atoms with Gasteiger partial charge in [0.25, 0.3) is 0 Å². The topological polar surface area (TPSA) is 37.3 Å². The average Bonchev–Trinajstić information content (AvgIpc) is 2.25. The van der Waals surface area contributed by atoms with E-state index in [0.29, 0.717) is 0 Å². The summed E-state index contributed by atoms with van der Waals surface area (Å²) in [5.41, 5.74) is 3.31. The van der Waals surface area contributed by atoms with Crippen LogP contribution in [0.15, 0.2) is 28.7 Å². The molecule has 2 nitrogen and oxygen atoms in total. The first kappa shape index (κ1) is 13.0. The van der Waals surface area contributed by atoms with Gasteiger partial charge in [-0.3, -0.25) is 4.79 Å². The molecule has 0 aliphatic carbocycles. The normalized spacial score (nSPS) is 11.6. The third-order valence-corrected chi connectivity index (χ3v) is 3.21. The zero-order valence-corrected chi connectivity index (χ0v) is 11.0. The van der Waals surface area contributed by atoms with Crippen LogP contribution in [0.1, 0.15) is 31.4 Å². The Morgan fingerprint density at radius 2 is 2.19 bits per heavy atom. The highest BCUT2D eigenvalue weighted by molar-refractivity contribution is 9.10. The maximum Gasteiger partial charge on any atom is 0.307 e. The van der Waals surface area contributed by atoms with Gasteiger partial charge in [-0.05, 0) is 36.1 Å². The Bertz CT molecular complexity index is 422. The van der Waals surface area contributed by atoms with Gasteiger partial charge in [-0.25, -0.2) is 0 Å². The van der Waals surface area contributed by atoms with Crippen molar-refractivity contribution >= 4 is 27.5 Å². The molecule has 0 amide bonds. The van der Waals surface area contributed by atoms with Gasteiger partial charge >= 0.3 is 5.97 Å². The van der Waals surface area contributed by atoms with Crippen LogP contribution < -0.4 is 0 Å². The van der Waals surface area contributed by atoms with Crippen LogP contribution in [0.2, 0.25) is 0 Å². The van der Waals surface area contributed by atoms with Crippen molar-refractivity contribution in [2.45, 2.75) is 26.7 Å². The van der Waals surface area contributed by atoms with Crippen molar-refractivity contribution in [2.75, 3.05) is 0 Å². The van der Waals surface area contributed by atoms with Gasteiger partial charge in [0.05, 0.1) is 6.42 Å². The lowest BCUT2D eigenvalue weighted by molar-refractivity contribution is -0.135. The van der Waals surface area contributed by atoms with Gasteiger partial charge in [0.2, 0.25) is 0 Å². The first-order valence-electron chi connectivity index (χ1n) is 5.22. The number of allylic oxidation sites excluding steroid dienone is 1. The molecular weight excluding hydrogens is 268 g/mol. The Balaban J connectivity index is 2.92. The fraction of sp³-hybridized carbons (Fsp3) is 0.308. The Labute approximate surface area is 104 Å². The van der Waals surface area contributed by atoms with E-state index in [4.69, 9.17) is 5.11 Å². The number of aliphatic carboxylic acids is 1.